The van der Waals surface area contributed by atoms with E-state index in [1.165, 1.54) is 24.0 Å². The van der Waals surface area contributed by atoms with Gasteiger partial charge >= 0.3 is 0 Å². The molecule has 0 spiro atoms. The van der Waals surface area contributed by atoms with E-state index in [0.29, 0.717) is 5.92 Å². The smallest absolute Gasteiger partial charge is 0.0198 e. The summed E-state index contributed by atoms with van der Waals surface area (Å²) >= 11 is 0. The van der Waals surface area contributed by atoms with Crippen molar-refractivity contribution in [1.82, 2.24) is 0 Å². The first-order valence-corrected chi connectivity index (χ1v) is 4.21. The summed E-state index contributed by atoms with van der Waals surface area (Å²) in [4.78, 5) is 0. The zero-order valence-corrected chi connectivity index (χ0v) is 6.80. The van der Waals surface area contributed by atoms with Gasteiger partial charge in [0.15, 0.2) is 0 Å². The van der Waals surface area contributed by atoms with Crippen LogP contribution in [0.2, 0.25) is 0 Å². The van der Waals surface area contributed by atoms with Crippen LogP contribution in [0.5, 0.6) is 0 Å². The summed E-state index contributed by atoms with van der Waals surface area (Å²) in [7, 11) is 0. The lowest BCUT2D eigenvalue weighted by molar-refractivity contribution is 0.589. The molecular weight excluding hydrogens is 132 g/mol. The molecule has 0 heterocycles. The first-order chi connectivity index (χ1) is 5.36. The molecule has 0 amide bonds. The second kappa shape index (κ2) is 2.69. The average Bonchev–Trinajstić information content (AvgIpc) is 2.04. The summed E-state index contributed by atoms with van der Waals surface area (Å²) in [5, 5.41) is 0. The van der Waals surface area contributed by atoms with Crippen molar-refractivity contribution >= 4 is 0 Å². The highest BCUT2D eigenvalue weighted by Crippen LogP contribution is 2.26. The van der Waals surface area contributed by atoms with Crippen LogP contribution in [-0.4, -0.2) is 0 Å². The summed E-state index contributed by atoms with van der Waals surface area (Å²) in [5.41, 5.74) is 2.79. The second-order valence-corrected chi connectivity index (χ2v) is 3.24. The maximum Gasteiger partial charge on any atom is 0.0198 e. The lowest BCUT2D eigenvalue weighted by atomic mass is 9.85. The van der Waals surface area contributed by atoms with Crippen LogP contribution < -0.4 is 0 Å². The Morgan fingerprint density at radius 3 is 3.09 bits per heavy atom. The Morgan fingerprint density at radius 1 is 1.36 bits per heavy atom. The zero-order valence-electron chi connectivity index (χ0n) is 6.80. The van der Waals surface area contributed by atoms with E-state index in [4.69, 9.17) is 0 Å². The molecule has 0 saturated heterocycles. The Bertz CT molecular complexity index is 250. The maximum atomic E-state index is 3.46. The van der Waals surface area contributed by atoms with E-state index in [2.05, 4.69) is 37.6 Å². The predicted molar refractivity (Wildman–Crippen MR) is 46.3 cm³/mol. The molecule has 1 aliphatic rings. The highest BCUT2D eigenvalue weighted by Gasteiger charge is 2.14. The van der Waals surface area contributed by atoms with Gasteiger partial charge in [0.2, 0.25) is 0 Å². The van der Waals surface area contributed by atoms with Crippen molar-refractivity contribution in [2.45, 2.75) is 19.8 Å². The number of aryl methyl sites for hydroxylation is 1. The van der Waals surface area contributed by atoms with Gasteiger partial charge in [-0.05, 0) is 29.9 Å². The van der Waals surface area contributed by atoms with Gasteiger partial charge in [-0.15, -0.1) is 0 Å². The van der Waals surface area contributed by atoms with Crippen molar-refractivity contribution in [3.05, 3.63) is 41.8 Å². The third-order valence-corrected chi connectivity index (χ3v) is 2.27. The van der Waals surface area contributed by atoms with Gasteiger partial charge in [-0.2, -0.15) is 0 Å². The molecule has 0 aromatic heterocycles. The second-order valence-electron chi connectivity index (χ2n) is 3.24. The van der Waals surface area contributed by atoms with Crippen molar-refractivity contribution in [2.24, 2.45) is 5.92 Å². The SMILES string of the molecule is CC1[C]c2ccccc2CC1. The van der Waals surface area contributed by atoms with Crippen molar-refractivity contribution in [1.29, 1.82) is 0 Å². The molecule has 0 aliphatic heterocycles. The molecule has 0 fully saturated rings. The number of benzene rings is 1. The van der Waals surface area contributed by atoms with Gasteiger partial charge in [0.05, 0.1) is 0 Å². The minimum atomic E-state index is 0.643. The molecule has 0 N–H and O–H groups in total. The van der Waals surface area contributed by atoms with Crippen LogP contribution in [0.3, 0.4) is 0 Å². The Kier molecular flexibility index (Phi) is 1.69. The summed E-state index contributed by atoms with van der Waals surface area (Å²) < 4.78 is 0. The largest absolute Gasteiger partial charge is 0.0620 e. The molecule has 0 bridgehead atoms. The van der Waals surface area contributed by atoms with Crippen LogP contribution in [0.15, 0.2) is 24.3 Å². The number of rotatable bonds is 0. The molecule has 2 rings (SSSR count). The first kappa shape index (κ1) is 6.90. The third-order valence-electron chi connectivity index (χ3n) is 2.27. The van der Waals surface area contributed by atoms with E-state index >= 15 is 0 Å². The number of hydrogen-bond donors (Lipinski definition) is 0. The van der Waals surface area contributed by atoms with Gasteiger partial charge in [-0.3, -0.25) is 0 Å². The van der Waals surface area contributed by atoms with Crippen molar-refractivity contribution in [2.75, 3.05) is 0 Å². The van der Waals surface area contributed by atoms with E-state index in [1.807, 2.05) is 0 Å². The fourth-order valence-electron chi connectivity index (χ4n) is 1.59. The molecule has 1 aliphatic carbocycles. The van der Waals surface area contributed by atoms with Crippen LogP contribution >= 0.6 is 0 Å². The Balaban J connectivity index is 2.34. The first-order valence-electron chi connectivity index (χ1n) is 4.21. The monoisotopic (exact) mass is 144 g/mol. The highest BCUT2D eigenvalue weighted by atomic mass is 14.2. The minimum Gasteiger partial charge on any atom is -0.0620 e. The molecule has 0 nitrogen and oxygen atoms in total. The summed E-state index contributed by atoms with van der Waals surface area (Å²) in [5.74, 6) is 0.643. The fourth-order valence-corrected chi connectivity index (χ4v) is 1.59. The van der Waals surface area contributed by atoms with Crippen LogP contribution in [0.25, 0.3) is 0 Å². The van der Waals surface area contributed by atoms with Gasteiger partial charge in [0.25, 0.3) is 0 Å². The van der Waals surface area contributed by atoms with Gasteiger partial charge in [0.1, 0.15) is 0 Å². The number of hydrogen-bond acceptors (Lipinski definition) is 0. The van der Waals surface area contributed by atoms with Crippen LogP contribution in [-0.2, 0) is 6.42 Å². The normalized spacial score (nSPS) is 22.8. The molecule has 0 heteroatoms. The van der Waals surface area contributed by atoms with E-state index < -0.39 is 0 Å². The van der Waals surface area contributed by atoms with Crippen LogP contribution in [0.4, 0.5) is 0 Å². The highest BCUT2D eigenvalue weighted by molar-refractivity contribution is 5.35. The van der Waals surface area contributed by atoms with Crippen molar-refractivity contribution < 1.29 is 0 Å². The molecule has 2 radical (unpaired) electrons. The lowest BCUT2D eigenvalue weighted by Gasteiger charge is -2.19. The van der Waals surface area contributed by atoms with Gasteiger partial charge in [-0.1, -0.05) is 31.2 Å². The predicted octanol–water partition coefficient (Wildman–Crippen LogP) is 2.70. The molecule has 11 heavy (non-hydrogen) atoms. The van der Waals surface area contributed by atoms with Crippen LogP contribution in [0, 0.1) is 12.3 Å². The Morgan fingerprint density at radius 2 is 2.18 bits per heavy atom. The maximum absolute atomic E-state index is 3.46. The topological polar surface area (TPSA) is 0 Å². The summed E-state index contributed by atoms with van der Waals surface area (Å²) in [6.45, 7) is 2.23. The zero-order chi connectivity index (χ0) is 7.68. The molecular formula is C11H12. The molecule has 1 atom stereocenters. The van der Waals surface area contributed by atoms with E-state index in [1.54, 1.807) is 0 Å². The van der Waals surface area contributed by atoms with Gasteiger partial charge < -0.3 is 0 Å². The van der Waals surface area contributed by atoms with E-state index in [-0.39, 0.29) is 0 Å². The third kappa shape index (κ3) is 1.30. The average molecular weight is 144 g/mol. The molecule has 0 saturated carbocycles. The molecule has 1 unspecified atom stereocenters. The Hall–Kier alpha value is -0.780. The van der Waals surface area contributed by atoms with E-state index in [9.17, 15) is 0 Å². The summed E-state index contributed by atoms with van der Waals surface area (Å²) in [6.07, 6.45) is 5.95. The number of fused-ring (bicyclic) bond motifs is 1. The molecule has 1 aromatic carbocycles. The van der Waals surface area contributed by atoms with E-state index in [0.717, 1.165) is 0 Å². The van der Waals surface area contributed by atoms with Crippen molar-refractivity contribution in [3.8, 4) is 0 Å². The van der Waals surface area contributed by atoms with Crippen LogP contribution in [0.1, 0.15) is 24.5 Å². The van der Waals surface area contributed by atoms with Gasteiger partial charge in [-0.25, -0.2) is 0 Å². The molecule has 1 aromatic rings. The van der Waals surface area contributed by atoms with Gasteiger partial charge in [0, 0.05) is 6.42 Å². The molecule has 56 valence electrons. The summed E-state index contributed by atoms with van der Waals surface area (Å²) in [6, 6.07) is 8.56. The lowest BCUT2D eigenvalue weighted by Crippen LogP contribution is -2.08. The standard InChI is InChI=1S/C11H12/c1-9-6-7-10-4-2-3-5-11(10)8-9/h2-5,9H,6-7H2,1H3. The van der Waals surface area contributed by atoms with Crippen molar-refractivity contribution in [3.63, 3.8) is 0 Å². The minimum absolute atomic E-state index is 0.643. The Labute approximate surface area is 68.3 Å². The fraction of sp³-hybridized carbons (Fsp3) is 0.364. The quantitative estimate of drug-likeness (QED) is 0.525.